The van der Waals surface area contributed by atoms with Gasteiger partial charge in [0.15, 0.2) is 0 Å². The Morgan fingerprint density at radius 3 is 2.32 bits per heavy atom. The van der Waals surface area contributed by atoms with Gasteiger partial charge in [-0.3, -0.25) is 5.84 Å². The lowest BCUT2D eigenvalue weighted by molar-refractivity contribution is 0.595. The van der Waals surface area contributed by atoms with E-state index in [9.17, 15) is 8.78 Å². The fourth-order valence-electron chi connectivity index (χ4n) is 1.79. The van der Waals surface area contributed by atoms with Gasteiger partial charge in [0.1, 0.15) is 11.6 Å². The van der Waals surface area contributed by atoms with E-state index in [0.29, 0.717) is 16.1 Å². The van der Waals surface area contributed by atoms with Crippen molar-refractivity contribution in [2.45, 2.75) is 6.04 Å². The fourth-order valence-corrected chi connectivity index (χ4v) is 2.14. The second kappa shape index (κ2) is 5.84. The minimum atomic E-state index is -0.630. The molecule has 0 saturated carbocycles. The first kappa shape index (κ1) is 14.2. The van der Waals surface area contributed by atoms with Gasteiger partial charge in [0.05, 0.1) is 11.1 Å². The van der Waals surface area contributed by atoms with Gasteiger partial charge in [-0.15, -0.1) is 0 Å². The SMILES string of the molecule is NNC(c1ccc(Cl)c(F)c1)c1cc(F)ccc1Cl. The van der Waals surface area contributed by atoms with Gasteiger partial charge in [0.25, 0.3) is 0 Å². The van der Waals surface area contributed by atoms with Crippen molar-refractivity contribution in [2.75, 3.05) is 0 Å². The van der Waals surface area contributed by atoms with E-state index in [0.717, 1.165) is 0 Å². The molecule has 1 unspecified atom stereocenters. The summed E-state index contributed by atoms with van der Waals surface area (Å²) in [6, 6.07) is 7.51. The van der Waals surface area contributed by atoms with Gasteiger partial charge in [-0.25, -0.2) is 14.2 Å². The third-order valence-electron chi connectivity index (χ3n) is 2.71. The van der Waals surface area contributed by atoms with Crippen LogP contribution in [0.2, 0.25) is 10.0 Å². The monoisotopic (exact) mass is 302 g/mol. The molecular weight excluding hydrogens is 293 g/mol. The Labute approximate surface area is 119 Å². The summed E-state index contributed by atoms with van der Waals surface area (Å²) in [5.74, 6) is 4.43. The van der Waals surface area contributed by atoms with Gasteiger partial charge in [-0.1, -0.05) is 29.3 Å². The van der Waals surface area contributed by atoms with E-state index < -0.39 is 17.7 Å². The van der Waals surface area contributed by atoms with E-state index in [1.54, 1.807) is 6.07 Å². The molecule has 2 aromatic carbocycles. The first-order valence-corrected chi connectivity index (χ1v) is 6.14. The Morgan fingerprint density at radius 1 is 1.00 bits per heavy atom. The van der Waals surface area contributed by atoms with Crippen LogP contribution in [-0.2, 0) is 0 Å². The zero-order valence-corrected chi connectivity index (χ0v) is 11.1. The summed E-state index contributed by atoms with van der Waals surface area (Å²) in [7, 11) is 0. The predicted octanol–water partition coefficient (Wildman–Crippen LogP) is 3.82. The maximum absolute atomic E-state index is 13.5. The maximum atomic E-state index is 13.5. The molecule has 6 heteroatoms. The van der Waals surface area contributed by atoms with E-state index in [2.05, 4.69) is 5.43 Å². The molecule has 100 valence electrons. The maximum Gasteiger partial charge on any atom is 0.142 e. The molecule has 2 rings (SSSR count). The van der Waals surface area contributed by atoms with Gasteiger partial charge >= 0.3 is 0 Å². The topological polar surface area (TPSA) is 38.0 Å². The molecular formula is C13H10Cl2F2N2. The Kier molecular flexibility index (Phi) is 4.37. The molecule has 0 aliphatic heterocycles. The van der Waals surface area contributed by atoms with E-state index in [1.165, 1.54) is 30.3 Å². The highest BCUT2D eigenvalue weighted by molar-refractivity contribution is 6.31. The van der Waals surface area contributed by atoms with Crippen molar-refractivity contribution in [1.82, 2.24) is 5.43 Å². The average Bonchev–Trinajstić information content (AvgIpc) is 2.38. The molecule has 2 nitrogen and oxygen atoms in total. The number of rotatable bonds is 3. The molecule has 0 amide bonds. The van der Waals surface area contributed by atoms with Gasteiger partial charge in [-0.05, 0) is 41.5 Å². The van der Waals surface area contributed by atoms with Crippen LogP contribution in [0.4, 0.5) is 8.78 Å². The summed E-state index contributed by atoms with van der Waals surface area (Å²) in [6.07, 6.45) is 0. The molecule has 0 radical (unpaired) electrons. The Hall–Kier alpha value is -1.20. The molecule has 3 N–H and O–H groups in total. The molecule has 0 saturated heterocycles. The standard InChI is InChI=1S/C13H10Cl2F2N2/c14-10-4-2-8(16)6-9(10)13(19-18)7-1-3-11(15)12(17)5-7/h1-6,13,19H,18H2. The van der Waals surface area contributed by atoms with Gasteiger partial charge < -0.3 is 0 Å². The molecule has 0 fully saturated rings. The summed E-state index contributed by atoms with van der Waals surface area (Å²) >= 11 is 11.6. The molecule has 0 aliphatic carbocycles. The third kappa shape index (κ3) is 3.04. The first-order valence-electron chi connectivity index (χ1n) is 5.39. The van der Waals surface area contributed by atoms with E-state index in [1.807, 2.05) is 0 Å². The van der Waals surface area contributed by atoms with Crippen LogP contribution in [0, 0.1) is 11.6 Å². The lowest BCUT2D eigenvalue weighted by atomic mass is 9.99. The van der Waals surface area contributed by atoms with E-state index in [4.69, 9.17) is 29.0 Å². The summed E-state index contributed by atoms with van der Waals surface area (Å²) in [6.45, 7) is 0. The van der Waals surface area contributed by atoms with Crippen LogP contribution in [0.5, 0.6) is 0 Å². The average molecular weight is 303 g/mol. The zero-order chi connectivity index (χ0) is 14.0. The molecule has 1 atom stereocenters. The van der Waals surface area contributed by atoms with Crippen LogP contribution in [0.1, 0.15) is 17.2 Å². The second-order valence-corrected chi connectivity index (χ2v) is 4.75. The Morgan fingerprint density at radius 2 is 1.68 bits per heavy atom. The van der Waals surface area contributed by atoms with Crippen molar-refractivity contribution in [2.24, 2.45) is 5.84 Å². The number of benzene rings is 2. The number of halogens is 4. The van der Waals surface area contributed by atoms with E-state index in [-0.39, 0.29) is 5.02 Å². The highest BCUT2D eigenvalue weighted by Gasteiger charge is 2.17. The second-order valence-electron chi connectivity index (χ2n) is 3.94. The van der Waals surface area contributed by atoms with Crippen molar-refractivity contribution in [3.63, 3.8) is 0 Å². The highest BCUT2D eigenvalue weighted by atomic mass is 35.5. The third-order valence-corrected chi connectivity index (χ3v) is 3.36. The number of hydrazine groups is 1. The predicted molar refractivity (Wildman–Crippen MR) is 72.0 cm³/mol. The van der Waals surface area contributed by atoms with Crippen molar-refractivity contribution in [3.05, 3.63) is 69.2 Å². The molecule has 0 bridgehead atoms. The lowest BCUT2D eigenvalue weighted by Crippen LogP contribution is -2.29. The van der Waals surface area contributed by atoms with Crippen LogP contribution < -0.4 is 11.3 Å². The van der Waals surface area contributed by atoms with Crippen LogP contribution in [-0.4, -0.2) is 0 Å². The molecule has 0 spiro atoms. The lowest BCUT2D eigenvalue weighted by Gasteiger charge is -2.18. The summed E-state index contributed by atoms with van der Waals surface area (Å²) < 4.78 is 26.7. The smallest absolute Gasteiger partial charge is 0.142 e. The van der Waals surface area contributed by atoms with E-state index >= 15 is 0 Å². The van der Waals surface area contributed by atoms with Gasteiger partial charge in [-0.2, -0.15) is 0 Å². The summed E-state index contributed by atoms with van der Waals surface area (Å²) in [4.78, 5) is 0. The first-order chi connectivity index (χ1) is 9.02. The zero-order valence-electron chi connectivity index (χ0n) is 9.63. The van der Waals surface area contributed by atoms with Gasteiger partial charge in [0.2, 0.25) is 0 Å². The number of nitrogens with one attached hydrogen (secondary N) is 1. The van der Waals surface area contributed by atoms with Crippen LogP contribution in [0.15, 0.2) is 36.4 Å². The van der Waals surface area contributed by atoms with Crippen molar-refractivity contribution in [1.29, 1.82) is 0 Å². The van der Waals surface area contributed by atoms with Crippen LogP contribution in [0.3, 0.4) is 0 Å². The largest absolute Gasteiger partial charge is 0.271 e. The summed E-state index contributed by atoms with van der Waals surface area (Å²) in [5, 5.41) is 0.338. The summed E-state index contributed by atoms with van der Waals surface area (Å²) in [5.41, 5.74) is 3.41. The molecule has 0 aliphatic rings. The highest BCUT2D eigenvalue weighted by Crippen LogP contribution is 2.30. The van der Waals surface area contributed by atoms with Gasteiger partial charge in [0, 0.05) is 5.02 Å². The number of hydrogen-bond acceptors (Lipinski definition) is 2. The quantitative estimate of drug-likeness (QED) is 0.668. The van der Waals surface area contributed by atoms with Crippen molar-refractivity contribution in [3.8, 4) is 0 Å². The number of hydrogen-bond donors (Lipinski definition) is 2. The minimum absolute atomic E-state index is 0.00450. The Balaban J connectivity index is 2.49. The van der Waals surface area contributed by atoms with Crippen LogP contribution in [0.25, 0.3) is 0 Å². The molecule has 0 aromatic heterocycles. The number of nitrogens with two attached hydrogens (primary N) is 1. The van der Waals surface area contributed by atoms with Crippen LogP contribution >= 0.6 is 23.2 Å². The fraction of sp³-hybridized carbons (Fsp3) is 0.0769. The normalized spacial score (nSPS) is 12.5. The molecule has 2 aromatic rings. The van der Waals surface area contributed by atoms with Crippen molar-refractivity contribution >= 4 is 23.2 Å². The molecule has 19 heavy (non-hydrogen) atoms. The Bertz CT molecular complexity index is 605. The minimum Gasteiger partial charge on any atom is -0.271 e. The van der Waals surface area contributed by atoms with Crippen molar-refractivity contribution < 1.29 is 8.78 Å². The molecule has 0 heterocycles.